The molecule has 0 radical (unpaired) electrons. The molecule has 122 valence electrons. The van der Waals surface area contributed by atoms with Gasteiger partial charge in [-0.3, -0.25) is 4.79 Å². The molecular formula is C16H29ClN2O2. The maximum atomic E-state index is 12.5. The molecular weight excluding hydrogens is 288 g/mol. The van der Waals surface area contributed by atoms with Crippen molar-refractivity contribution in [1.82, 2.24) is 4.90 Å². The molecule has 1 aromatic heterocycles. The van der Waals surface area contributed by atoms with Crippen molar-refractivity contribution in [2.75, 3.05) is 13.1 Å². The zero-order valence-corrected chi connectivity index (χ0v) is 14.1. The molecule has 0 saturated heterocycles. The quantitative estimate of drug-likeness (QED) is 0.664. The second kappa shape index (κ2) is 11.6. The highest BCUT2D eigenvalue weighted by molar-refractivity contribution is 5.94. The van der Waals surface area contributed by atoms with Crippen molar-refractivity contribution in [2.24, 2.45) is 5.73 Å². The van der Waals surface area contributed by atoms with E-state index in [-0.39, 0.29) is 18.3 Å². The van der Waals surface area contributed by atoms with Crippen molar-refractivity contribution in [3.63, 3.8) is 0 Å². The summed E-state index contributed by atoms with van der Waals surface area (Å²) in [6.45, 7) is 6.34. The first kappa shape index (κ1) is 20.0. The number of amides is 1. The lowest BCUT2D eigenvalue weighted by Crippen LogP contribution is -2.32. The van der Waals surface area contributed by atoms with E-state index in [1.165, 1.54) is 19.1 Å². The molecule has 0 saturated carbocycles. The van der Waals surface area contributed by atoms with Crippen molar-refractivity contribution in [3.05, 3.63) is 23.7 Å². The topological polar surface area (TPSA) is 59.5 Å². The predicted molar refractivity (Wildman–Crippen MR) is 88.8 cm³/mol. The fraction of sp³-hybridized carbons (Fsp3) is 0.688. The largest absolute Gasteiger partial charge is 0.467 e. The van der Waals surface area contributed by atoms with Crippen LogP contribution in [-0.4, -0.2) is 23.9 Å². The first-order valence-electron chi connectivity index (χ1n) is 7.79. The van der Waals surface area contributed by atoms with Gasteiger partial charge in [-0.05, 0) is 18.9 Å². The van der Waals surface area contributed by atoms with Crippen LogP contribution in [0.1, 0.15) is 68.5 Å². The molecule has 0 spiro atoms. The van der Waals surface area contributed by atoms with E-state index < -0.39 is 0 Å². The van der Waals surface area contributed by atoms with E-state index in [1.807, 2.05) is 4.90 Å². The first-order chi connectivity index (χ1) is 9.72. The number of halogens is 1. The van der Waals surface area contributed by atoms with E-state index >= 15 is 0 Å². The molecule has 21 heavy (non-hydrogen) atoms. The molecule has 0 aromatic carbocycles. The average molecular weight is 317 g/mol. The number of carbonyl (C=O) groups is 1. The molecule has 0 fully saturated rings. The number of hydrogen-bond donors (Lipinski definition) is 1. The lowest BCUT2D eigenvalue weighted by molar-refractivity contribution is 0.0749. The second-order valence-corrected chi connectivity index (χ2v) is 5.21. The smallest absolute Gasteiger partial charge is 0.257 e. The van der Waals surface area contributed by atoms with Crippen LogP contribution in [0.2, 0.25) is 0 Å². The predicted octanol–water partition coefficient (Wildman–Crippen LogP) is 3.98. The standard InChI is InChI=1S/C16H28N2O2.ClH/c1-3-5-7-9-18(10-8-6-4-2)16(19)14-11-15(12-17)20-13-14;/h11,13H,3-10,12,17H2,1-2H3;1H. The maximum Gasteiger partial charge on any atom is 0.257 e. The normalized spacial score (nSPS) is 10.2. The van der Waals surface area contributed by atoms with Gasteiger partial charge in [0, 0.05) is 13.1 Å². The Morgan fingerprint density at radius 2 is 1.71 bits per heavy atom. The number of furan rings is 1. The van der Waals surface area contributed by atoms with Crippen molar-refractivity contribution in [3.8, 4) is 0 Å². The molecule has 0 aliphatic heterocycles. The van der Waals surface area contributed by atoms with Gasteiger partial charge in [-0.15, -0.1) is 12.4 Å². The van der Waals surface area contributed by atoms with E-state index in [4.69, 9.17) is 10.2 Å². The van der Waals surface area contributed by atoms with Gasteiger partial charge in [0.05, 0.1) is 12.1 Å². The Hall–Kier alpha value is -1.00. The SMILES string of the molecule is CCCCCN(CCCCC)C(=O)c1coc(CN)c1.Cl. The molecule has 0 bridgehead atoms. The molecule has 0 aliphatic rings. The Kier molecular flexibility index (Phi) is 11.1. The maximum absolute atomic E-state index is 12.5. The van der Waals surface area contributed by atoms with Crippen LogP contribution in [0, 0.1) is 0 Å². The van der Waals surface area contributed by atoms with Gasteiger partial charge < -0.3 is 15.1 Å². The highest BCUT2D eigenvalue weighted by Crippen LogP contribution is 2.12. The number of nitrogens with zero attached hydrogens (tertiary/aromatic N) is 1. The Labute approximate surface area is 134 Å². The molecule has 5 heteroatoms. The summed E-state index contributed by atoms with van der Waals surface area (Å²) >= 11 is 0. The Morgan fingerprint density at radius 1 is 1.14 bits per heavy atom. The number of nitrogens with two attached hydrogens (primary N) is 1. The summed E-state index contributed by atoms with van der Waals surface area (Å²) in [5, 5.41) is 0. The third-order valence-corrected chi connectivity index (χ3v) is 3.45. The van der Waals surface area contributed by atoms with E-state index in [0.717, 1.165) is 38.8 Å². The van der Waals surface area contributed by atoms with Crippen LogP contribution < -0.4 is 5.73 Å². The van der Waals surface area contributed by atoms with E-state index in [2.05, 4.69) is 13.8 Å². The molecule has 0 atom stereocenters. The molecule has 0 unspecified atom stereocenters. The Balaban J connectivity index is 0.00000400. The Morgan fingerprint density at radius 3 is 2.14 bits per heavy atom. The summed E-state index contributed by atoms with van der Waals surface area (Å²) < 4.78 is 5.26. The molecule has 1 aromatic rings. The van der Waals surface area contributed by atoms with E-state index in [1.54, 1.807) is 6.07 Å². The number of hydrogen-bond acceptors (Lipinski definition) is 3. The highest BCUT2D eigenvalue weighted by atomic mass is 35.5. The summed E-state index contributed by atoms with van der Waals surface area (Å²) in [5.41, 5.74) is 6.14. The number of carbonyl (C=O) groups excluding carboxylic acids is 1. The van der Waals surface area contributed by atoms with Gasteiger partial charge in [0.15, 0.2) is 0 Å². The Bertz CT molecular complexity index is 383. The summed E-state index contributed by atoms with van der Waals surface area (Å²) in [6.07, 6.45) is 8.32. The van der Waals surface area contributed by atoms with Gasteiger partial charge in [-0.1, -0.05) is 39.5 Å². The van der Waals surface area contributed by atoms with Crippen molar-refractivity contribution < 1.29 is 9.21 Å². The minimum Gasteiger partial charge on any atom is -0.467 e. The molecule has 1 heterocycles. The van der Waals surface area contributed by atoms with Gasteiger partial charge in [-0.25, -0.2) is 0 Å². The van der Waals surface area contributed by atoms with Crippen molar-refractivity contribution >= 4 is 18.3 Å². The van der Waals surface area contributed by atoms with Crippen LogP contribution in [0.15, 0.2) is 16.7 Å². The van der Waals surface area contributed by atoms with Crippen molar-refractivity contribution in [1.29, 1.82) is 0 Å². The van der Waals surface area contributed by atoms with Gasteiger partial charge in [0.1, 0.15) is 12.0 Å². The van der Waals surface area contributed by atoms with Gasteiger partial charge in [-0.2, -0.15) is 0 Å². The minimum absolute atomic E-state index is 0. The van der Waals surface area contributed by atoms with Gasteiger partial charge in [0.25, 0.3) is 5.91 Å². The third-order valence-electron chi connectivity index (χ3n) is 3.45. The monoisotopic (exact) mass is 316 g/mol. The zero-order chi connectivity index (χ0) is 14.8. The average Bonchev–Trinajstić information content (AvgIpc) is 2.94. The summed E-state index contributed by atoms with van der Waals surface area (Å²) in [7, 11) is 0. The molecule has 4 nitrogen and oxygen atoms in total. The van der Waals surface area contributed by atoms with Crippen LogP contribution >= 0.6 is 12.4 Å². The third kappa shape index (κ3) is 7.00. The zero-order valence-electron chi connectivity index (χ0n) is 13.3. The van der Waals surface area contributed by atoms with Crippen LogP contribution in [0.3, 0.4) is 0 Å². The minimum atomic E-state index is 0. The lowest BCUT2D eigenvalue weighted by Gasteiger charge is -2.22. The molecule has 1 amide bonds. The highest BCUT2D eigenvalue weighted by Gasteiger charge is 2.17. The van der Waals surface area contributed by atoms with Crippen LogP contribution in [0.25, 0.3) is 0 Å². The van der Waals surface area contributed by atoms with Crippen molar-refractivity contribution in [2.45, 2.75) is 58.9 Å². The number of rotatable bonds is 10. The second-order valence-electron chi connectivity index (χ2n) is 5.21. The fourth-order valence-corrected chi connectivity index (χ4v) is 2.20. The summed E-state index contributed by atoms with van der Waals surface area (Å²) in [5.74, 6) is 0.732. The number of unbranched alkanes of at least 4 members (excludes halogenated alkanes) is 4. The van der Waals surface area contributed by atoms with Crippen LogP contribution in [0.4, 0.5) is 0 Å². The first-order valence-corrected chi connectivity index (χ1v) is 7.79. The lowest BCUT2D eigenvalue weighted by atomic mass is 10.2. The summed E-state index contributed by atoms with van der Waals surface area (Å²) in [4.78, 5) is 14.4. The van der Waals surface area contributed by atoms with Gasteiger partial charge in [0.2, 0.25) is 0 Å². The van der Waals surface area contributed by atoms with Crippen LogP contribution in [0.5, 0.6) is 0 Å². The van der Waals surface area contributed by atoms with Crippen LogP contribution in [-0.2, 0) is 6.54 Å². The van der Waals surface area contributed by atoms with E-state index in [0.29, 0.717) is 17.9 Å². The summed E-state index contributed by atoms with van der Waals surface area (Å²) in [6, 6.07) is 1.76. The fourth-order valence-electron chi connectivity index (χ4n) is 2.20. The molecule has 0 aliphatic carbocycles. The van der Waals surface area contributed by atoms with Gasteiger partial charge >= 0.3 is 0 Å². The molecule has 2 N–H and O–H groups in total. The van der Waals surface area contributed by atoms with E-state index in [9.17, 15) is 4.79 Å². The molecule has 1 rings (SSSR count).